The van der Waals surface area contributed by atoms with Gasteiger partial charge in [-0.3, -0.25) is 20.4 Å². The molecule has 2 N–H and O–H groups in total. The molecule has 0 bridgehead atoms. The van der Waals surface area contributed by atoms with E-state index in [1.165, 1.54) is 5.56 Å². The number of hydrogen-bond donors (Lipinski definition) is 2. The summed E-state index contributed by atoms with van der Waals surface area (Å²) >= 11 is 3.45. The highest BCUT2D eigenvalue weighted by Crippen LogP contribution is 2.26. The number of amides is 2. The average molecular weight is 515 g/mol. The van der Waals surface area contributed by atoms with E-state index in [1.54, 1.807) is 30.3 Å². The fourth-order valence-corrected chi connectivity index (χ4v) is 3.88. The molecule has 6 heteroatoms. The molecule has 0 unspecified atom stereocenters. The van der Waals surface area contributed by atoms with Gasteiger partial charge >= 0.3 is 0 Å². The minimum atomic E-state index is -0.425. The Morgan fingerprint density at radius 1 is 0.676 bits per heavy atom. The van der Waals surface area contributed by atoms with Gasteiger partial charge in [0.05, 0.1) is 11.1 Å². The van der Waals surface area contributed by atoms with Crippen molar-refractivity contribution in [2.45, 2.75) is 6.42 Å². The van der Waals surface area contributed by atoms with Crippen LogP contribution in [0.3, 0.4) is 0 Å². The normalized spacial score (nSPS) is 10.4. The van der Waals surface area contributed by atoms with E-state index in [9.17, 15) is 9.59 Å². The Morgan fingerprint density at radius 3 is 1.88 bits per heavy atom. The zero-order valence-electron chi connectivity index (χ0n) is 18.3. The molecule has 0 aliphatic carbocycles. The second-order valence-corrected chi connectivity index (χ2v) is 8.44. The number of benzene rings is 4. The number of ether oxygens (including phenoxy) is 1. The van der Waals surface area contributed by atoms with Gasteiger partial charge in [-0.25, -0.2) is 0 Å². The minimum Gasteiger partial charge on any atom is -0.492 e. The van der Waals surface area contributed by atoms with Crippen LogP contribution < -0.4 is 15.6 Å². The van der Waals surface area contributed by atoms with Gasteiger partial charge in [0, 0.05) is 17.5 Å². The van der Waals surface area contributed by atoms with E-state index in [0.29, 0.717) is 28.0 Å². The van der Waals surface area contributed by atoms with E-state index in [2.05, 4.69) is 38.9 Å². The first-order valence-electron chi connectivity index (χ1n) is 10.8. The summed E-state index contributed by atoms with van der Waals surface area (Å²) in [5, 5.41) is 0. The highest BCUT2D eigenvalue weighted by Gasteiger charge is 2.12. The minimum absolute atomic E-state index is 0.391. The lowest BCUT2D eigenvalue weighted by Gasteiger charge is -2.11. The van der Waals surface area contributed by atoms with Gasteiger partial charge < -0.3 is 4.74 Å². The molecule has 0 atom stereocenters. The summed E-state index contributed by atoms with van der Waals surface area (Å²) < 4.78 is 6.49. The number of carbonyl (C=O) groups is 2. The summed E-state index contributed by atoms with van der Waals surface area (Å²) in [6.45, 7) is 0.521. The highest BCUT2D eigenvalue weighted by molar-refractivity contribution is 9.10. The van der Waals surface area contributed by atoms with Crippen molar-refractivity contribution in [1.29, 1.82) is 0 Å². The second kappa shape index (κ2) is 11.3. The Hall–Kier alpha value is -3.90. The van der Waals surface area contributed by atoms with Crippen LogP contribution in [0.2, 0.25) is 0 Å². The van der Waals surface area contributed by atoms with Crippen molar-refractivity contribution in [2.24, 2.45) is 0 Å². The summed E-state index contributed by atoms with van der Waals surface area (Å²) in [7, 11) is 0. The molecule has 0 spiro atoms. The summed E-state index contributed by atoms with van der Waals surface area (Å²) in [5.41, 5.74) is 9.03. The molecule has 0 aliphatic rings. The SMILES string of the molecule is O=C(NNC(=O)c1ccc(OCCc2ccccc2)c(Br)c1)c1ccc(-c2ccccc2)cc1. The maximum Gasteiger partial charge on any atom is 0.269 e. The zero-order chi connectivity index (χ0) is 23.8. The molecular weight excluding hydrogens is 492 g/mol. The molecule has 0 heterocycles. The van der Waals surface area contributed by atoms with E-state index >= 15 is 0 Å². The van der Waals surface area contributed by atoms with E-state index in [-0.39, 0.29) is 0 Å². The molecule has 0 radical (unpaired) electrons. The largest absolute Gasteiger partial charge is 0.492 e. The van der Waals surface area contributed by atoms with Crippen molar-refractivity contribution in [3.63, 3.8) is 0 Å². The monoisotopic (exact) mass is 514 g/mol. The summed E-state index contributed by atoms with van der Waals surface area (Å²) in [5.74, 6) is -0.172. The van der Waals surface area contributed by atoms with Crippen molar-refractivity contribution in [1.82, 2.24) is 10.9 Å². The van der Waals surface area contributed by atoms with Crippen molar-refractivity contribution < 1.29 is 14.3 Å². The molecule has 4 aromatic rings. The molecule has 4 aromatic carbocycles. The first-order chi connectivity index (χ1) is 16.6. The first-order valence-corrected chi connectivity index (χ1v) is 11.6. The molecule has 0 aliphatic heterocycles. The second-order valence-electron chi connectivity index (χ2n) is 7.58. The molecule has 2 amide bonds. The number of rotatable bonds is 7. The van der Waals surface area contributed by atoms with E-state index < -0.39 is 11.8 Å². The number of hydrazine groups is 1. The Balaban J connectivity index is 1.29. The van der Waals surface area contributed by atoms with E-state index in [4.69, 9.17) is 4.74 Å². The zero-order valence-corrected chi connectivity index (χ0v) is 19.9. The fourth-order valence-electron chi connectivity index (χ4n) is 3.39. The molecule has 34 heavy (non-hydrogen) atoms. The van der Waals surface area contributed by atoms with E-state index in [1.807, 2.05) is 60.7 Å². The molecule has 4 rings (SSSR count). The Bertz CT molecular complexity index is 1260. The quantitative estimate of drug-likeness (QED) is 0.305. The fraction of sp³-hybridized carbons (Fsp3) is 0.0714. The van der Waals surface area contributed by atoms with Gasteiger partial charge in [-0.2, -0.15) is 0 Å². The van der Waals surface area contributed by atoms with Crippen LogP contribution in [0.15, 0.2) is 108 Å². The number of halogens is 1. The molecule has 170 valence electrons. The third kappa shape index (κ3) is 6.11. The number of carbonyl (C=O) groups excluding carboxylic acids is 2. The standard InChI is InChI=1S/C28H23BrN2O3/c29-25-19-24(15-16-26(25)34-18-17-20-7-3-1-4-8-20)28(33)31-30-27(32)23-13-11-22(12-14-23)21-9-5-2-6-10-21/h1-16,19H,17-18H2,(H,30,32)(H,31,33). The van der Waals surface area contributed by atoms with Gasteiger partial charge in [0.2, 0.25) is 0 Å². The van der Waals surface area contributed by atoms with Crippen LogP contribution in [0.1, 0.15) is 26.3 Å². The molecule has 5 nitrogen and oxygen atoms in total. The Labute approximate surface area is 206 Å². The lowest BCUT2D eigenvalue weighted by Crippen LogP contribution is -2.41. The Morgan fingerprint density at radius 2 is 1.24 bits per heavy atom. The van der Waals surface area contributed by atoms with Crippen molar-refractivity contribution in [2.75, 3.05) is 6.61 Å². The van der Waals surface area contributed by atoms with Gasteiger partial charge in [0.15, 0.2) is 0 Å². The van der Waals surface area contributed by atoms with Gasteiger partial charge in [-0.15, -0.1) is 0 Å². The first kappa shape index (κ1) is 23.3. The highest BCUT2D eigenvalue weighted by atomic mass is 79.9. The summed E-state index contributed by atoms with van der Waals surface area (Å²) in [6, 6.07) is 32.2. The third-order valence-corrected chi connectivity index (χ3v) is 5.85. The number of hydrogen-bond acceptors (Lipinski definition) is 3. The van der Waals surface area contributed by atoms with E-state index in [0.717, 1.165) is 17.5 Å². The van der Waals surface area contributed by atoms with Gasteiger partial charge in [0.1, 0.15) is 5.75 Å². The molecule has 0 fully saturated rings. The predicted octanol–water partition coefficient (Wildman–Crippen LogP) is 5.81. The summed E-state index contributed by atoms with van der Waals surface area (Å²) in [4.78, 5) is 24.9. The van der Waals surface area contributed by atoms with Crippen LogP contribution in [0, 0.1) is 0 Å². The molecule has 0 saturated carbocycles. The van der Waals surface area contributed by atoms with Crippen molar-refractivity contribution in [3.05, 3.63) is 124 Å². The van der Waals surface area contributed by atoms with Crippen LogP contribution >= 0.6 is 15.9 Å². The Kier molecular flexibility index (Phi) is 7.73. The molecular formula is C28H23BrN2O3. The van der Waals surface area contributed by atoms with Crippen molar-refractivity contribution >= 4 is 27.7 Å². The third-order valence-electron chi connectivity index (χ3n) is 5.23. The van der Waals surface area contributed by atoms with Crippen LogP contribution in [-0.4, -0.2) is 18.4 Å². The average Bonchev–Trinajstić information content (AvgIpc) is 2.89. The van der Waals surface area contributed by atoms with Gasteiger partial charge in [0.25, 0.3) is 11.8 Å². The van der Waals surface area contributed by atoms with Crippen LogP contribution in [0.4, 0.5) is 0 Å². The van der Waals surface area contributed by atoms with Crippen LogP contribution in [-0.2, 0) is 6.42 Å². The predicted molar refractivity (Wildman–Crippen MR) is 137 cm³/mol. The van der Waals surface area contributed by atoms with Gasteiger partial charge in [-0.05, 0) is 63.0 Å². The maximum absolute atomic E-state index is 12.5. The van der Waals surface area contributed by atoms with Crippen molar-refractivity contribution in [3.8, 4) is 16.9 Å². The maximum atomic E-state index is 12.5. The lowest BCUT2D eigenvalue weighted by molar-refractivity contribution is 0.0846. The summed E-state index contributed by atoms with van der Waals surface area (Å²) in [6.07, 6.45) is 0.786. The van der Waals surface area contributed by atoms with Crippen LogP contribution in [0.5, 0.6) is 5.75 Å². The molecule has 0 saturated heterocycles. The lowest BCUT2D eigenvalue weighted by atomic mass is 10.0. The topological polar surface area (TPSA) is 67.4 Å². The van der Waals surface area contributed by atoms with Gasteiger partial charge in [-0.1, -0.05) is 72.8 Å². The smallest absolute Gasteiger partial charge is 0.269 e. The number of nitrogens with one attached hydrogen (secondary N) is 2. The molecule has 0 aromatic heterocycles. The van der Waals surface area contributed by atoms with Crippen LogP contribution in [0.25, 0.3) is 11.1 Å².